The molecule has 2 aromatic carbocycles. The molecule has 0 unspecified atom stereocenters. The molecule has 1 heterocycles. The summed E-state index contributed by atoms with van der Waals surface area (Å²) >= 11 is 1.43. The maximum atomic E-state index is 12.4. The fraction of sp³-hybridized carbons (Fsp3) is 0.250. The lowest BCUT2D eigenvalue weighted by Gasteiger charge is -2.09. The molecule has 3 rings (SSSR count). The van der Waals surface area contributed by atoms with Gasteiger partial charge in [0.05, 0.1) is 15.9 Å². The van der Waals surface area contributed by atoms with Gasteiger partial charge in [-0.15, -0.1) is 11.3 Å². The van der Waals surface area contributed by atoms with E-state index in [1.54, 1.807) is 18.2 Å². The van der Waals surface area contributed by atoms with E-state index >= 15 is 0 Å². The third kappa shape index (κ3) is 4.50. The summed E-state index contributed by atoms with van der Waals surface area (Å²) in [5, 5.41) is 20.7. The SMILES string of the molecule is N=C(c1nc2ccccc2s1)c1cc(C(=O)NCCCCCO)ccc1N. The lowest BCUT2D eigenvalue weighted by Crippen LogP contribution is -2.25. The summed E-state index contributed by atoms with van der Waals surface area (Å²) in [7, 11) is 0. The van der Waals surface area contributed by atoms with Crippen molar-refractivity contribution in [2.24, 2.45) is 0 Å². The fourth-order valence-electron chi connectivity index (χ4n) is 2.73. The zero-order chi connectivity index (χ0) is 19.2. The van der Waals surface area contributed by atoms with Crippen LogP contribution in [0, 0.1) is 5.41 Å². The van der Waals surface area contributed by atoms with Gasteiger partial charge in [0.15, 0.2) is 0 Å². The second-order valence-electron chi connectivity index (χ2n) is 6.20. The van der Waals surface area contributed by atoms with Crippen molar-refractivity contribution in [3.8, 4) is 0 Å². The molecule has 0 aliphatic carbocycles. The molecule has 0 aliphatic heterocycles. The van der Waals surface area contributed by atoms with E-state index in [2.05, 4.69) is 10.3 Å². The summed E-state index contributed by atoms with van der Waals surface area (Å²) in [4.78, 5) is 16.9. The highest BCUT2D eigenvalue weighted by atomic mass is 32.1. The Balaban J connectivity index is 1.76. The standard InChI is InChI=1S/C20H22N4O2S/c21-15-9-8-13(19(26)23-10-4-1-5-11-25)12-14(15)18(22)20-24-16-6-2-3-7-17(16)27-20/h2-3,6-9,12,22,25H,1,4-5,10-11,21H2,(H,23,26). The Morgan fingerprint density at radius 1 is 1.19 bits per heavy atom. The van der Waals surface area contributed by atoms with E-state index in [1.807, 2.05) is 24.3 Å². The molecular formula is C20H22N4O2S. The molecule has 27 heavy (non-hydrogen) atoms. The number of benzene rings is 2. The van der Waals surface area contributed by atoms with Crippen LogP contribution in [0.3, 0.4) is 0 Å². The Kier molecular flexibility index (Phi) is 6.16. The number of para-hydroxylation sites is 1. The van der Waals surface area contributed by atoms with Crippen LogP contribution in [0.25, 0.3) is 10.2 Å². The Morgan fingerprint density at radius 3 is 2.78 bits per heavy atom. The van der Waals surface area contributed by atoms with Crippen molar-refractivity contribution >= 4 is 38.9 Å². The van der Waals surface area contributed by atoms with E-state index in [9.17, 15) is 4.79 Å². The maximum Gasteiger partial charge on any atom is 0.251 e. The van der Waals surface area contributed by atoms with Gasteiger partial charge in [0.25, 0.3) is 5.91 Å². The van der Waals surface area contributed by atoms with Gasteiger partial charge in [0.1, 0.15) is 5.01 Å². The number of anilines is 1. The smallest absolute Gasteiger partial charge is 0.251 e. The van der Waals surface area contributed by atoms with Gasteiger partial charge in [-0.25, -0.2) is 4.98 Å². The minimum atomic E-state index is -0.197. The van der Waals surface area contributed by atoms with Gasteiger partial charge < -0.3 is 16.2 Å². The van der Waals surface area contributed by atoms with Crippen LogP contribution in [0.2, 0.25) is 0 Å². The predicted molar refractivity (Wildman–Crippen MR) is 110 cm³/mol. The van der Waals surface area contributed by atoms with Crippen LogP contribution in [0.5, 0.6) is 0 Å². The highest BCUT2D eigenvalue weighted by Gasteiger charge is 2.16. The van der Waals surface area contributed by atoms with Crippen molar-refractivity contribution in [2.45, 2.75) is 19.3 Å². The number of rotatable bonds is 8. The van der Waals surface area contributed by atoms with Gasteiger partial charge in [-0.3, -0.25) is 10.2 Å². The molecule has 0 saturated heterocycles. The first-order chi connectivity index (χ1) is 13.1. The highest BCUT2D eigenvalue weighted by Crippen LogP contribution is 2.26. The van der Waals surface area contributed by atoms with Gasteiger partial charge >= 0.3 is 0 Å². The first-order valence-electron chi connectivity index (χ1n) is 8.83. The lowest BCUT2D eigenvalue weighted by molar-refractivity contribution is 0.0953. The minimum Gasteiger partial charge on any atom is -0.398 e. The largest absolute Gasteiger partial charge is 0.398 e. The molecule has 0 aliphatic rings. The van der Waals surface area contributed by atoms with E-state index in [4.69, 9.17) is 16.2 Å². The number of hydrogen-bond acceptors (Lipinski definition) is 6. The number of unbranched alkanes of at least 4 members (excludes halogenated alkanes) is 2. The molecule has 0 atom stereocenters. The first-order valence-corrected chi connectivity index (χ1v) is 9.65. The number of aliphatic hydroxyl groups excluding tert-OH is 1. The number of amides is 1. The normalized spacial score (nSPS) is 10.9. The van der Waals surface area contributed by atoms with Crippen LogP contribution in [-0.4, -0.2) is 34.9 Å². The van der Waals surface area contributed by atoms with Crippen LogP contribution < -0.4 is 11.1 Å². The van der Waals surface area contributed by atoms with Crippen LogP contribution in [0.4, 0.5) is 5.69 Å². The quantitative estimate of drug-likeness (QED) is 0.272. The number of hydrogen-bond donors (Lipinski definition) is 4. The molecule has 7 heteroatoms. The second kappa shape index (κ2) is 8.75. The van der Waals surface area contributed by atoms with Gasteiger partial charge in [-0.05, 0) is 49.6 Å². The Hall–Kier alpha value is -2.77. The fourth-order valence-corrected chi connectivity index (χ4v) is 3.66. The summed E-state index contributed by atoms with van der Waals surface area (Å²) in [5.41, 5.74) is 8.53. The highest BCUT2D eigenvalue weighted by molar-refractivity contribution is 7.20. The number of carbonyl (C=O) groups is 1. The van der Waals surface area contributed by atoms with Gasteiger partial charge in [0, 0.05) is 30.0 Å². The number of nitrogen functional groups attached to an aromatic ring is 1. The molecule has 0 fully saturated rings. The Morgan fingerprint density at radius 2 is 2.00 bits per heavy atom. The molecule has 0 bridgehead atoms. The molecule has 140 valence electrons. The second-order valence-corrected chi connectivity index (χ2v) is 7.23. The molecule has 0 spiro atoms. The number of nitrogens with two attached hydrogens (primary N) is 1. The van der Waals surface area contributed by atoms with E-state index in [1.165, 1.54) is 11.3 Å². The Bertz CT molecular complexity index is 935. The van der Waals surface area contributed by atoms with Crippen LogP contribution >= 0.6 is 11.3 Å². The Labute approximate surface area is 161 Å². The van der Waals surface area contributed by atoms with Crippen LogP contribution in [-0.2, 0) is 0 Å². The lowest BCUT2D eigenvalue weighted by atomic mass is 10.0. The van der Waals surface area contributed by atoms with Crippen molar-refractivity contribution < 1.29 is 9.90 Å². The topological polar surface area (TPSA) is 112 Å². The zero-order valence-electron chi connectivity index (χ0n) is 14.9. The summed E-state index contributed by atoms with van der Waals surface area (Å²) in [6.45, 7) is 0.719. The first kappa shape index (κ1) is 19.0. The van der Waals surface area contributed by atoms with Gasteiger partial charge in [-0.1, -0.05) is 12.1 Å². The van der Waals surface area contributed by atoms with Crippen molar-refractivity contribution in [3.63, 3.8) is 0 Å². The van der Waals surface area contributed by atoms with Crippen molar-refractivity contribution in [1.29, 1.82) is 5.41 Å². The number of nitrogens with one attached hydrogen (secondary N) is 2. The van der Waals surface area contributed by atoms with Crippen LogP contribution in [0.1, 0.15) is 40.2 Å². The minimum absolute atomic E-state index is 0.170. The number of aromatic nitrogens is 1. The number of fused-ring (bicyclic) bond motifs is 1. The zero-order valence-corrected chi connectivity index (χ0v) is 15.7. The molecular weight excluding hydrogens is 360 g/mol. The van der Waals surface area contributed by atoms with Gasteiger partial charge in [-0.2, -0.15) is 0 Å². The number of thiazole rings is 1. The van der Waals surface area contributed by atoms with Crippen LogP contribution in [0.15, 0.2) is 42.5 Å². The molecule has 6 nitrogen and oxygen atoms in total. The van der Waals surface area contributed by atoms with E-state index in [-0.39, 0.29) is 18.2 Å². The summed E-state index contributed by atoms with van der Waals surface area (Å²) in [6.07, 6.45) is 2.42. The molecule has 3 aromatic rings. The molecule has 1 amide bonds. The van der Waals surface area contributed by atoms with Crippen molar-refractivity contribution in [3.05, 3.63) is 58.6 Å². The molecule has 5 N–H and O–H groups in total. The average molecular weight is 382 g/mol. The third-order valence-electron chi connectivity index (χ3n) is 4.21. The summed E-state index contributed by atoms with van der Waals surface area (Å²) in [6, 6.07) is 12.7. The monoisotopic (exact) mass is 382 g/mol. The molecule has 0 radical (unpaired) electrons. The summed E-state index contributed by atoms with van der Waals surface area (Å²) in [5.74, 6) is -0.197. The predicted octanol–water partition coefficient (Wildman–Crippen LogP) is 3.19. The number of nitrogens with zero attached hydrogens (tertiary/aromatic N) is 1. The van der Waals surface area contributed by atoms with E-state index in [0.29, 0.717) is 28.4 Å². The van der Waals surface area contributed by atoms with E-state index < -0.39 is 0 Å². The number of carbonyl (C=O) groups excluding carboxylic acids is 1. The van der Waals surface area contributed by atoms with Crippen molar-refractivity contribution in [1.82, 2.24) is 10.3 Å². The molecule has 1 aromatic heterocycles. The third-order valence-corrected chi connectivity index (χ3v) is 5.27. The van der Waals surface area contributed by atoms with E-state index in [0.717, 1.165) is 29.5 Å². The molecule has 0 saturated carbocycles. The maximum absolute atomic E-state index is 12.4. The average Bonchev–Trinajstić information content (AvgIpc) is 3.11. The summed E-state index contributed by atoms with van der Waals surface area (Å²) < 4.78 is 1.01. The van der Waals surface area contributed by atoms with Crippen molar-refractivity contribution in [2.75, 3.05) is 18.9 Å². The van der Waals surface area contributed by atoms with Gasteiger partial charge in [0.2, 0.25) is 0 Å². The number of aliphatic hydroxyl groups is 1.